The molecule has 6 heavy (non-hydrogen) atoms. The van der Waals surface area contributed by atoms with Gasteiger partial charge in [0.2, 0.25) is 0 Å². The van der Waals surface area contributed by atoms with E-state index in [1.54, 1.807) is 5.92 Å². The van der Waals surface area contributed by atoms with Crippen molar-refractivity contribution in [2.75, 3.05) is 0 Å². The summed E-state index contributed by atoms with van der Waals surface area (Å²) < 4.78 is 3.72. The van der Waals surface area contributed by atoms with Gasteiger partial charge in [-0.3, -0.25) is 0 Å². The first-order chi connectivity index (χ1) is 2.81. The summed E-state index contributed by atoms with van der Waals surface area (Å²) >= 11 is 3.84. The number of aliphatic carboxylic acids is 1. The number of carboxylic acids is 1. The lowest BCUT2D eigenvalue weighted by atomic mass is 10.7. The molecule has 0 aliphatic rings. The fourth-order valence-electron chi connectivity index (χ4n) is 0.0241. The molecule has 3 heteroatoms. The van der Waals surface area contributed by atoms with Crippen LogP contribution in [0.4, 0.5) is 0 Å². The van der Waals surface area contributed by atoms with Gasteiger partial charge in [-0.2, -0.15) is 0 Å². The largest absolute Gasteiger partial charge is 0.551 e. The van der Waals surface area contributed by atoms with E-state index in [4.69, 9.17) is 5.11 Å². The second-order valence-electron chi connectivity index (χ2n) is 0.533. The number of hydrogen-bond donors (Lipinski definition) is 1. The predicted molar refractivity (Wildman–Crippen MR) is 23.8 cm³/mol. The van der Waals surface area contributed by atoms with E-state index in [-0.39, 0.29) is 0 Å². The minimum atomic E-state index is -0.565. The van der Waals surface area contributed by atoms with Crippen LogP contribution in [-0.2, 0) is 16.8 Å². The van der Waals surface area contributed by atoms with Crippen LogP contribution in [0, 0.1) is 12.3 Å². The second-order valence-corrected chi connectivity index (χ2v) is 0.699. The molecule has 1 N–H and O–H groups in total. The van der Waals surface area contributed by atoms with Gasteiger partial charge in [0.05, 0.1) is 5.92 Å². The van der Waals surface area contributed by atoms with E-state index in [0.29, 0.717) is 0 Å². The molecule has 0 aromatic heterocycles. The Morgan fingerprint density at radius 1 is 2.00 bits per heavy atom. The Balaban J connectivity index is 3.61. The van der Waals surface area contributed by atoms with Crippen LogP contribution in [0.3, 0.4) is 0 Å². The summed E-state index contributed by atoms with van der Waals surface area (Å²) in [5.41, 5.74) is 0. The summed E-state index contributed by atoms with van der Waals surface area (Å²) in [7, 11) is 0. The number of carboxylic acid groups (broad SMARTS) is 1. The molecule has 0 saturated carbocycles. The molecule has 2 nitrogen and oxygen atoms in total. The monoisotopic (exact) mass is 102 g/mol. The van der Waals surface area contributed by atoms with Gasteiger partial charge in [0.15, 0.2) is 0 Å². The van der Waals surface area contributed by atoms with E-state index in [1.165, 1.54) is 0 Å². The van der Waals surface area contributed by atoms with Gasteiger partial charge in [0, 0.05) is 0 Å². The van der Waals surface area contributed by atoms with Gasteiger partial charge in [-0.05, 0) is 0 Å². The average molecular weight is 102 g/mol. The fourth-order valence-corrected chi connectivity index (χ4v) is 0.0722. The number of hydrogen-bond acceptors (Lipinski definition) is 1. The Kier molecular flexibility index (Phi) is 2.17. The Morgan fingerprint density at radius 2 is 2.50 bits per heavy atom. The van der Waals surface area contributed by atoms with Crippen molar-refractivity contribution in [1.29, 1.82) is 0 Å². The Labute approximate surface area is 41.1 Å². The van der Waals surface area contributed by atoms with E-state index in [0.717, 1.165) is 0 Å². The third kappa shape index (κ3) is 1.56. The number of terminal acetylenes is 1. The first-order valence-electron chi connectivity index (χ1n) is 1.13. The van der Waals surface area contributed by atoms with Crippen LogP contribution in [0.5, 0.6) is 0 Å². The van der Waals surface area contributed by atoms with Gasteiger partial charge in [-0.15, -0.1) is 6.42 Å². The Hall–Kier alpha value is -0.750. The quantitative estimate of drug-likeness (QED) is 0.259. The topological polar surface area (TPSA) is 31.5 Å². The summed E-state index contributed by atoms with van der Waals surface area (Å²) in [4.78, 5) is 0. The minimum absolute atomic E-state index is 0.565. The third-order valence-corrected chi connectivity index (χ3v) is 0.360. The standard InChI is InChI=1S/C3H2O2S/c1-2-3(4)5-6/h1,4H. The van der Waals surface area contributed by atoms with Crippen molar-refractivity contribution in [2.24, 2.45) is 0 Å². The average Bonchev–Trinajstić information content (AvgIpc) is 1.65. The lowest BCUT2D eigenvalue weighted by Gasteiger charge is -1.72. The molecular formula is C3H2O2S. The zero-order chi connectivity index (χ0) is 4.99. The smallest absolute Gasteiger partial charge is 0.423 e. The van der Waals surface area contributed by atoms with Gasteiger partial charge in [-0.1, -0.05) is 0 Å². The molecule has 0 aromatic rings. The SMILES string of the molecule is C#CC(O)=[O+][S-]. The van der Waals surface area contributed by atoms with E-state index >= 15 is 0 Å². The van der Waals surface area contributed by atoms with Crippen LogP contribution in [0.2, 0.25) is 0 Å². The summed E-state index contributed by atoms with van der Waals surface area (Å²) in [6, 6.07) is 0. The highest BCUT2D eigenvalue weighted by atomic mass is 32.1. The number of rotatable bonds is 0. The summed E-state index contributed by atoms with van der Waals surface area (Å²) in [6.45, 7) is 0. The molecule has 0 heterocycles. The number of aliphatic hydroxyl groups excluding tert-OH is 1. The van der Waals surface area contributed by atoms with Crippen molar-refractivity contribution in [2.45, 2.75) is 0 Å². The molecule has 0 fully saturated rings. The zero-order valence-electron chi connectivity index (χ0n) is 2.84. The van der Waals surface area contributed by atoms with Gasteiger partial charge in [-0.25, -0.2) is 0 Å². The molecule has 0 amide bonds. The maximum absolute atomic E-state index is 8.02. The highest BCUT2D eigenvalue weighted by Gasteiger charge is 1.88. The molecule has 0 aromatic carbocycles. The van der Waals surface area contributed by atoms with E-state index < -0.39 is 5.97 Å². The molecule has 32 valence electrons. The van der Waals surface area contributed by atoms with Crippen molar-refractivity contribution in [1.82, 2.24) is 0 Å². The lowest BCUT2D eigenvalue weighted by Crippen LogP contribution is -1.89. The Morgan fingerprint density at radius 3 is 2.50 bits per heavy atom. The summed E-state index contributed by atoms with van der Waals surface area (Å²) in [5, 5.41) is 8.02. The van der Waals surface area contributed by atoms with Crippen molar-refractivity contribution in [3.63, 3.8) is 0 Å². The van der Waals surface area contributed by atoms with Crippen LogP contribution in [0.15, 0.2) is 0 Å². The second kappa shape index (κ2) is 2.49. The molecule has 0 unspecified atom stereocenters. The van der Waals surface area contributed by atoms with Crippen LogP contribution in [0.25, 0.3) is 0 Å². The van der Waals surface area contributed by atoms with E-state index in [2.05, 4.69) is 23.2 Å². The molecule has 0 bridgehead atoms. The third-order valence-electron chi connectivity index (χ3n) is 0.202. The molecule has 0 rings (SSSR count). The van der Waals surface area contributed by atoms with Gasteiger partial charge in [0.25, 0.3) is 0 Å². The van der Waals surface area contributed by atoms with Gasteiger partial charge < -0.3 is 21.9 Å². The van der Waals surface area contributed by atoms with E-state index in [1.807, 2.05) is 0 Å². The van der Waals surface area contributed by atoms with Crippen LogP contribution in [0.1, 0.15) is 0 Å². The van der Waals surface area contributed by atoms with Crippen molar-refractivity contribution in [3.8, 4) is 12.3 Å². The molecule has 0 aliphatic heterocycles. The molecule has 0 radical (unpaired) electrons. The summed E-state index contributed by atoms with van der Waals surface area (Å²) in [5.74, 6) is 1.20. The maximum Gasteiger partial charge on any atom is 0.551 e. The summed E-state index contributed by atoms with van der Waals surface area (Å²) in [6.07, 6.45) is 4.55. The lowest BCUT2D eigenvalue weighted by molar-refractivity contribution is -0.253. The first-order valence-corrected chi connectivity index (χ1v) is 1.47. The highest BCUT2D eigenvalue weighted by molar-refractivity contribution is 7.50. The zero-order valence-corrected chi connectivity index (χ0v) is 3.66. The highest BCUT2D eigenvalue weighted by Crippen LogP contribution is 1.53. The minimum Gasteiger partial charge on any atom is -0.423 e. The fraction of sp³-hybridized carbons (Fsp3) is 0. The van der Waals surface area contributed by atoms with Crippen LogP contribution < -0.4 is 0 Å². The van der Waals surface area contributed by atoms with E-state index in [9.17, 15) is 0 Å². The molecule has 0 aliphatic carbocycles. The Bertz CT molecular complexity index is 99.9. The van der Waals surface area contributed by atoms with Gasteiger partial charge in [0.1, 0.15) is 0 Å². The maximum atomic E-state index is 8.02. The normalized spacial score (nSPS) is 10.2. The first kappa shape index (κ1) is 5.25. The van der Waals surface area contributed by atoms with Gasteiger partial charge >= 0.3 is 5.97 Å². The molecular weight excluding hydrogens is 100 g/mol. The van der Waals surface area contributed by atoms with Crippen molar-refractivity contribution in [3.05, 3.63) is 0 Å². The van der Waals surface area contributed by atoms with Crippen LogP contribution >= 0.6 is 0 Å². The van der Waals surface area contributed by atoms with Crippen molar-refractivity contribution < 1.29 is 8.98 Å². The van der Waals surface area contributed by atoms with Crippen molar-refractivity contribution >= 4 is 18.9 Å². The molecule has 0 saturated heterocycles. The predicted octanol–water partition coefficient (Wildman–Crippen LogP) is -0.298. The molecule has 0 spiro atoms. The molecule has 0 atom stereocenters. The van der Waals surface area contributed by atoms with Crippen LogP contribution in [-0.4, -0.2) is 11.1 Å².